The molecule has 1 aromatic heterocycles. The second-order valence-electron chi connectivity index (χ2n) is 10.4. The smallest absolute Gasteiger partial charge is 0.234 e. The minimum Gasteiger partial charge on any atom is -0.496 e. The number of rotatable bonds is 7. The summed E-state index contributed by atoms with van der Waals surface area (Å²) in [5.74, 6) is -0.107. The zero-order valence-electron chi connectivity index (χ0n) is 22.6. The minimum absolute atomic E-state index is 0.0484. The van der Waals surface area contributed by atoms with Crippen molar-refractivity contribution in [2.45, 2.75) is 36.9 Å². The van der Waals surface area contributed by atoms with Gasteiger partial charge in [0.15, 0.2) is 10.1 Å². The summed E-state index contributed by atoms with van der Waals surface area (Å²) in [6, 6.07) is 16.6. The van der Waals surface area contributed by atoms with E-state index in [0.29, 0.717) is 55.6 Å². The molecule has 41 heavy (non-hydrogen) atoms. The van der Waals surface area contributed by atoms with E-state index < -0.39 is 5.92 Å². The second kappa shape index (κ2) is 11.6. The van der Waals surface area contributed by atoms with E-state index in [4.69, 9.17) is 22.1 Å². The van der Waals surface area contributed by atoms with E-state index in [-0.39, 0.29) is 34.3 Å². The average Bonchev–Trinajstić information content (AvgIpc) is 3.40. The van der Waals surface area contributed by atoms with Crippen LogP contribution in [0.3, 0.4) is 0 Å². The van der Waals surface area contributed by atoms with Crippen LogP contribution in [0.5, 0.6) is 5.75 Å². The first-order chi connectivity index (χ1) is 19.6. The van der Waals surface area contributed by atoms with E-state index in [0.717, 1.165) is 0 Å². The molecule has 5 rings (SSSR count). The Balaban J connectivity index is 1.49. The van der Waals surface area contributed by atoms with Crippen LogP contribution < -0.4 is 20.7 Å². The lowest BCUT2D eigenvalue weighted by molar-refractivity contribution is -0.118. The van der Waals surface area contributed by atoms with Gasteiger partial charge in [0.1, 0.15) is 11.6 Å². The Morgan fingerprint density at radius 1 is 1.24 bits per heavy atom. The molecular formula is C29H27ClN6O3S2. The van der Waals surface area contributed by atoms with E-state index in [1.807, 2.05) is 32.0 Å². The van der Waals surface area contributed by atoms with Crippen LogP contribution in [0.1, 0.15) is 38.2 Å². The Kier molecular flexibility index (Phi) is 8.09. The number of benzene rings is 2. The predicted octanol–water partition coefficient (Wildman–Crippen LogP) is 5.87. The number of carbonyl (C=O) groups is 2. The molecule has 1 amide bonds. The summed E-state index contributed by atoms with van der Waals surface area (Å²) in [6.45, 7) is 4.06. The van der Waals surface area contributed by atoms with Crippen molar-refractivity contribution in [1.29, 1.82) is 5.26 Å². The highest BCUT2D eigenvalue weighted by atomic mass is 35.5. The first kappa shape index (κ1) is 28.7. The number of hydrogen-bond donors (Lipinski definition) is 2. The number of Topliss-reactive ketones (excluding diaryl/α,β-unsaturated/α-hetero) is 1. The second-order valence-corrected chi connectivity index (χ2v) is 13.0. The van der Waals surface area contributed by atoms with Crippen LogP contribution in [0.4, 0.5) is 10.8 Å². The highest BCUT2D eigenvalue weighted by Gasteiger charge is 2.46. The maximum atomic E-state index is 13.7. The molecule has 2 aromatic carbocycles. The number of nitrogens with one attached hydrogen (secondary N) is 1. The van der Waals surface area contributed by atoms with Crippen LogP contribution in [-0.4, -0.2) is 34.8 Å². The fourth-order valence-corrected chi connectivity index (χ4v) is 7.03. The number of para-hydroxylation sites is 2. The van der Waals surface area contributed by atoms with E-state index in [1.165, 1.54) is 23.1 Å². The number of hydrogen-bond acceptors (Lipinski definition) is 10. The number of ether oxygens (including phenoxy) is 1. The van der Waals surface area contributed by atoms with Crippen molar-refractivity contribution in [2.24, 2.45) is 11.1 Å². The molecule has 0 bridgehead atoms. The standard InChI is InChI=1S/C29H27ClN6O3S2/c1-29(2)12-20-25(21(37)13-29)24(16-8-4-7-11-22(16)39-3)17(14-31)26(32)36(20)27-34-35-28(41-27)40-15-23(38)33-19-10-6-5-9-18(19)30/h4-11,24H,12-13,15,32H2,1-3H3,(H,33,38). The lowest BCUT2D eigenvalue weighted by Crippen LogP contribution is -2.42. The van der Waals surface area contributed by atoms with Gasteiger partial charge in [-0.2, -0.15) is 5.26 Å². The van der Waals surface area contributed by atoms with Gasteiger partial charge in [-0.1, -0.05) is 78.9 Å². The van der Waals surface area contributed by atoms with Gasteiger partial charge in [0.2, 0.25) is 11.0 Å². The molecule has 1 unspecified atom stereocenters. The lowest BCUT2D eigenvalue weighted by atomic mass is 9.68. The van der Waals surface area contributed by atoms with E-state index in [9.17, 15) is 14.9 Å². The summed E-state index contributed by atoms with van der Waals surface area (Å²) in [5.41, 5.74) is 9.06. The normalized spacial score (nSPS) is 18.2. The first-order valence-corrected chi connectivity index (χ1v) is 14.9. The Labute approximate surface area is 251 Å². The maximum Gasteiger partial charge on any atom is 0.234 e. The molecule has 2 heterocycles. The molecule has 0 spiro atoms. The number of thioether (sulfide) groups is 1. The molecule has 3 N–H and O–H groups in total. The first-order valence-electron chi connectivity index (χ1n) is 12.7. The molecular weight excluding hydrogens is 580 g/mol. The number of methoxy groups -OCH3 is 1. The van der Waals surface area contributed by atoms with Crippen molar-refractivity contribution in [3.63, 3.8) is 0 Å². The highest BCUT2D eigenvalue weighted by molar-refractivity contribution is 8.01. The largest absolute Gasteiger partial charge is 0.496 e. The predicted molar refractivity (Wildman–Crippen MR) is 161 cm³/mol. The molecule has 0 saturated carbocycles. The summed E-state index contributed by atoms with van der Waals surface area (Å²) in [7, 11) is 1.56. The quantitative estimate of drug-likeness (QED) is 0.316. The topological polar surface area (TPSA) is 134 Å². The molecule has 2 aliphatic rings. The van der Waals surface area contributed by atoms with Crippen molar-refractivity contribution >= 4 is 57.2 Å². The van der Waals surface area contributed by atoms with Gasteiger partial charge in [-0.3, -0.25) is 14.5 Å². The van der Waals surface area contributed by atoms with E-state index >= 15 is 0 Å². The maximum absolute atomic E-state index is 13.7. The number of anilines is 2. The van der Waals surface area contributed by atoms with E-state index in [1.54, 1.807) is 42.3 Å². The van der Waals surface area contributed by atoms with Gasteiger partial charge in [0, 0.05) is 23.3 Å². The minimum atomic E-state index is -0.665. The molecule has 1 aliphatic heterocycles. The van der Waals surface area contributed by atoms with Crippen LogP contribution in [0.25, 0.3) is 0 Å². The molecule has 210 valence electrons. The summed E-state index contributed by atoms with van der Waals surface area (Å²) >= 11 is 8.60. The SMILES string of the molecule is COc1ccccc1C1C(C#N)=C(N)N(c2nnc(SCC(=O)Nc3ccccc3Cl)s2)C2=C1C(=O)CC(C)(C)C2. The molecule has 9 nitrogen and oxygen atoms in total. The number of nitrogens with zero attached hydrogens (tertiary/aromatic N) is 4. The number of allylic oxidation sites excluding steroid dienone is 3. The van der Waals surface area contributed by atoms with Crippen LogP contribution in [0.15, 0.2) is 75.5 Å². The zero-order chi connectivity index (χ0) is 29.3. The highest BCUT2D eigenvalue weighted by Crippen LogP contribution is 2.52. The van der Waals surface area contributed by atoms with Crippen LogP contribution in [0.2, 0.25) is 5.02 Å². The van der Waals surface area contributed by atoms with Crippen molar-refractivity contribution < 1.29 is 14.3 Å². The number of halogens is 1. The van der Waals surface area contributed by atoms with Gasteiger partial charge in [-0.05, 0) is 30.0 Å². The molecule has 0 saturated heterocycles. The van der Waals surface area contributed by atoms with Crippen LogP contribution in [0, 0.1) is 16.7 Å². The van der Waals surface area contributed by atoms with Crippen molar-refractivity contribution in [3.05, 3.63) is 81.8 Å². The Morgan fingerprint density at radius 2 is 1.98 bits per heavy atom. The molecule has 0 radical (unpaired) electrons. The molecule has 3 aromatic rings. The monoisotopic (exact) mass is 606 g/mol. The van der Waals surface area contributed by atoms with E-state index in [2.05, 4.69) is 21.6 Å². The number of amides is 1. The average molecular weight is 607 g/mol. The van der Waals surface area contributed by atoms with Gasteiger partial charge < -0.3 is 15.8 Å². The number of aromatic nitrogens is 2. The lowest BCUT2D eigenvalue weighted by Gasteiger charge is -2.42. The van der Waals surface area contributed by atoms with Gasteiger partial charge in [0.25, 0.3) is 0 Å². The number of nitrogens with two attached hydrogens (primary N) is 1. The molecule has 1 aliphatic carbocycles. The Morgan fingerprint density at radius 3 is 2.71 bits per heavy atom. The van der Waals surface area contributed by atoms with Crippen molar-refractivity contribution in [2.75, 3.05) is 23.1 Å². The molecule has 12 heteroatoms. The van der Waals surface area contributed by atoms with Gasteiger partial charge in [0.05, 0.1) is 41.1 Å². The molecule has 0 fully saturated rings. The Bertz CT molecular complexity index is 1640. The zero-order valence-corrected chi connectivity index (χ0v) is 25.0. The third kappa shape index (κ3) is 5.68. The van der Waals surface area contributed by atoms with Crippen molar-refractivity contribution in [1.82, 2.24) is 10.2 Å². The fraction of sp³-hybridized carbons (Fsp3) is 0.276. The van der Waals surface area contributed by atoms with Gasteiger partial charge in [-0.15, -0.1) is 10.2 Å². The van der Waals surface area contributed by atoms with Crippen LogP contribution in [-0.2, 0) is 9.59 Å². The van der Waals surface area contributed by atoms with Crippen LogP contribution >= 0.6 is 34.7 Å². The van der Waals surface area contributed by atoms with Gasteiger partial charge >= 0.3 is 0 Å². The summed E-state index contributed by atoms with van der Waals surface area (Å²) < 4.78 is 6.14. The fourth-order valence-electron chi connectivity index (χ4n) is 5.17. The number of ketones is 1. The Hall–Kier alpha value is -3.85. The number of nitriles is 1. The third-order valence-electron chi connectivity index (χ3n) is 6.89. The summed E-state index contributed by atoms with van der Waals surface area (Å²) in [5, 5.41) is 22.6. The summed E-state index contributed by atoms with van der Waals surface area (Å²) in [4.78, 5) is 28.0. The summed E-state index contributed by atoms with van der Waals surface area (Å²) in [6.07, 6.45) is 0.878. The molecule has 1 atom stereocenters. The van der Waals surface area contributed by atoms with Crippen molar-refractivity contribution in [3.8, 4) is 11.8 Å². The third-order valence-corrected chi connectivity index (χ3v) is 9.26. The number of carbonyl (C=O) groups excluding carboxylic acids is 2. The van der Waals surface area contributed by atoms with Gasteiger partial charge in [-0.25, -0.2) is 0 Å².